The number of halogens is 1. The lowest BCUT2D eigenvalue weighted by atomic mass is 10.0. The van der Waals surface area contributed by atoms with Gasteiger partial charge in [0.05, 0.1) is 6.04 Å². The van der Waals surface area contributed by atoms with Gasteiger partial charge in [0.2, 0.25) is 17.7 Å². The van der Waals surface area contributed by atoms with Gasteiger partial charge in [-0.25, -0.2) is 0 Å². The first kappa shape index (κ1) is 21.4. The van der Waals surface area contributed by atoms with Gasteiger partial charge in [0, 0.05) is 24.3 Å². The molecule has 2 rings (SSSR count). The Morgan fingerprint density at radius 2 is 1.50 bits per heavy atom. The summed E-state index contributed by atoms with van der Waals surface area (Å²) in [4.78, 5) is 35.9. The predicted molar refractivity (Wildman–Crippen MR) is 109 cm³/mol. The van der Waals surface area contributed by atoms with E-state index in [0.717, 1.165) is 5.56 Å². The Morgan fingerprint density at radius 3 is 2.11 bits per heavy atom. The van der Waals surface area contributed by atoms with Crippen molar-refractivity contribution in [3.63, 3.8) is 0 Å². The second kappa shape index (κ2) is 10.5. The number of nitrogens with one attached hydrogen (secondary N) is 2. The van der Waals surface area contributed by atoms with Gasteiger partial charge < -0.3 is 16.4 Å². The summed E-state index contributed by atoms with van der Waals surface area (Å²) >= 11 is 6.09. The minimum Gasteiger partial charge on any atom is -0.368 e. The highest BCUT2D eigenvalue weighted by atomic mass is 35.5. The van der Waals surface area contributed by atoms with Gasteiger partial charge in [-0.15, -0.1) is 0 Å². The zero-order valence-electron chi connectivity index (χ0n) is 15.7. The van der Waals surface area contributed by atoms with E-state index in [1.165, 1.54) is 0 Å². The predicted octanol–water partition coefficient (Wildman–Crippen LogP) is 2.51. The first-order chi connectivity index (χ1) is 13.4. The molecule has 6 nitrogen and oxygen atoms in total. The van der Waals surface area contributed by atoms with E-state index in [2.05, 4.69) is 10.6 Å². The number of hydrogen-bond donors (Lipinski definition) is 3. The molecule has 0 radical (unpaired) electrons. The van der Waals surface area contributed by atoms with Crippen LogP contribution in [0.4, 0.5) is 0 Å². The van der Waals surface area contributed by atoms with Crippen LogP contribution in [0.25, 0.3) is 0 Å². The molecule has 7 heteroatoms. The summed E-state index contributed by atoms with van der Waals surface area (Å²) in [5.74, 6) is -1.32. The number of carbonyl (C=O) groups excluding carboxylic acids is 3. The van der Waals surface area contributed by atoms with E-state index in [1.54, 1.807) is 24.3 Å². The molecule has 4 N–H and O–H groups in total. The summed E-state index contributed by atoms with van der Waals surface area (Å²) in [5, 5.41) is 5.92. The molecule has 3 amide bonds. The Morgan fingerprint density at radius 1 is 0.929 bits per heavy atom. The molecule has 0 fully saturated rings. The highest BCUT2D eigenvalue weighted by Crippen LogP contribution is 2.17. The molecule has 0 saturated heterocycles. The molecular formula is C21H24ClN3O3. The second-order valence-corrected chi connectivity index (χ2v) is 6.93. The van der Waals surface area contributed by atoms with E-state index in [-0.39, 0.29) is 31.2 Å². The SMILES string of the molecule is C[C@@H](NC(=O)CCC(=O)N[C@@H](Cc1ccccc1Cl)C(N)=O)c1ccccc1. The second-order valence-electron chi connectivity index (χ2n) is 6.52. The Bertz CT molecular complexity index is 827. The third-order valence-electron chi connectivity index (χ3n) is 4.32. The maximum atomic E-state index is 12.2. The average molecular weight is 402 g/mol. The van der Waals surface area contributed by atoms with Crippen molar-refractivity contribution in [1.82, 2.24) is 10.6 Å². The zero-order valence-corrected chi connectivity index (χ0v) is 16.4. The molecule has 2 aromatic carbocycles. The number of rotatable bonds is 9. The summed E-state index contributed by atoms with van der Waals surface area (Å²) in [7, 11) is 0. The number of primary amides is 1. The van der Waals surface area contributed by atoms with Gasteiger partial charge in [-0.1, -0.05) is 60.1 Å². The van der Waals surface area contributed by atoms with Crippen LogP contribution >= 0.6 is 11.6 Å². The van der Waals surface area contributed by atoms with Gasteiger partial charge in [0.15, 0.2) is 0 Å². The van der Waals surface area contributed by atoms with Gasteiger partial charge >= 0.3 is 0 Å². The Hall–Kier alpha value is -2.86. The molecule has 0 unspecified atom stereocenters. The summed E-state index contributed by atoms with van der Waals surface area (Å²) < 4.78 is 0. The Labute approximate surface area is 169 Å². The molecule has 148 valence electrons. The fraction of sp³-hybridized carbons (Fsp3) is 0.286. The molecule has 0 saturated carbocycles. The normalized spacial score (nSPS) is 12.6. The number of carbonyl (C=O) groups is 3. The lowest BCUT2D eigenvalue weighted by molar-refractivity contribution is -0.129. The fourth-order valence-corrected chi connectivity index (χ4v) is 2.95. The zero-order chi connectivity index (χ0) is 20.5. The molecule has 0 aliphatic carbocycles. The van der Waals surface area contributed by atoms with Crippen molar-refractivity contribution in [2.24, 2.45) is 5.73 Å². The Balaban J connectivity index is 1.83. The molecule has 2 aromatic rings. The molecule has 2 atom stereocenters. The smallest absolute Gasteiger partial charge is 0.240 e. The first-order valence-corrected chi connectivity index (χ1v) is 9.41. The summed E-state index contributed by atoms with van der Waals surface area (Å²) in [6.07, 6.45) is 0.165. The van der Waals surface area contributed by atoms with E-state index in [4.69, 9.17) is 17.3 Å². The van der Waals surface area contributed by atoms with Crippen LogP contribution in [0.5, 0.6) is 0 Å². The third kappa shape index (κ3) is 6.70. The van der Waals surface area contributed by atoms with Crippen molar-refractivity contribution in [1.29, 1.82) is 0 Å². The van der Waals surface area contributed by atoms with Crippen LogP contribution in [0.15, 0.2) is 54.6 Å². The Kier molecular flexibility index (Phi) is 8.02. The number of amides is 3. The van der Waals surface area contributed by atoms with Gasteiger partial charge in [0.1, 0.15) is 6.04 Å². The van der Waals surface area contributed by atoms with Crippen molar-refractivity contribution >= 4 is 29.3 Å². The van der Waals surface area contributed by atoms with Crippen LogP contribution in [-0.4, -0.2) is 23.8 Å². The number of hydrogen-bond acceptors (Lipinski definition) is 3. The minimum atomic E-state index is -0.890. The molecule has 0 spiro atoms. The van der Waals surface area contributed by atoms with Gasteiger partial charge in [-0.2, -0.15) is 0 Å². The topological polar surface area (TPSA) is 101 Å². The van der Waals surface area contributed by atoms with E-state index in [9.17, 15) is 14.4 Å². The lowest BCUT2D eigenvalue weighted by Gasteiger charge is -2.17. The maximum absolute atomic E-state index is 12.2. The first-order valence-electron chi connectivity index (χ1n) is 9.03. The summed E-state index contributed by atoms with van der Waals surface area (Å²) in [6, 6.07) is 15.5. The largest absolute Gasteiger partial charge is 0.368 e. The van der Waals surface area contributed by atoms with Crippen LogP contribution < -0.4 is 16.4 Å². The highest BCUT2D eigenvalue weighted by Gasteiger charge is 2.20. The molecule has 0 bridgehead atoms. The molecule has 0 aliphatic heterocycles. The summed E-state index contributed by atoms with van der Waals surface area (Å²) in [5.41, 5.74) is 7.08. The van der Waals surface area contributed by atoms with Crippen molar-refractivity contribution in [2.45, 2.75) is 38.3 Å². The van der Waals surface area contributed by atoms with Crippen LogP contribution in [0.1, 0.15) is 36.9 Å². The molecule has 0 aromatic heterocycles. The van der Waals surface area contributed by atoms with Gasteiger partial charge in [0.25, 0.3) is 0 Å². The maximum Gasteiger partial charge on any atom is 0.240 e. The number of nitrogens with two attached hydrogens (primary N) is 1. The van der Waals surface area contributed by atoms with E-state index in [0.29, 0.717) is 10.6 Å². The van der Waals surface area contributed by atoms with E-state index < -0.39 is 17.9 Å². The minimum absolute atomic E-state index is 0.0145. The van der Waals surface area contributed by atoms with E-state index in [1.807, 2.05) is 37.3 Å². The average Bonchev–Trinajstić information content (AvgIpc) is 2.68. The molecule has 0 aliphatic rings. The lowest BCUT2D eigenvalue weighted by Crippen LogP contribution is -2.46. The number of benzene rings is 2. The van der Waals surface area contributed by atoms with Crippen LogP contribution in [0, 0.1) is 0 Å². The quantitative estimate of drug-likeness (QED) is 0.601. The van der Waals surface area contributed by atoms with E-state index >= 15 is 0 Å². The van der Waals surface area contributed by atoms with Gasteiger partial charge in [-0.3, -0.25) is 14.4 Å². The van der Waals surface area contributed by atoms with Crippen LogP contribution in [0.3, 0.4) is 0 Å². The molecule has 28 heavy (non-hydrogen) atoms. The monoisotopic (exact) mass is 401 g/mol. The molecular weight excluding hydrogens is 378 g/mol. The van der Waals surface area contributed by atoms with Crippen molar-refractivity contribution in [3.8, 4) is 0 Å². The molecule has 0 heterocycles. The standard InChI is InChI=1S/C21H24ClN3O3/c1-14(15-7-3-2-4-8-15)24-19(26)11-12-20(27)25-18(21(23)28)13-16-9-5-6-10-17(16)22/h2-10,14,18H,11-13H2,1H3,(H2,23,28)(H,24,26)(H,25,27)/t14-,18+/m1/s1. The highest BCUT2D eigenvalue weighted by molar-refractivity contribution is 6.31. The van der Waals surface area contributed by atoms with Crippen molar-refractivity contribution in [2.75, 3.05) is 0 Å². The van der Waals surface area contributed by atoms with Crippen LogP contribution in [-0.2, 0) is 20.8 Å². The van der Waals surface area contributed by atoms with Crippen molar-refractivity contribution < 1.29 is 14.4 Å². The van der Waals surface area contributed by atoms with Crippen LogP contribution in [0.2, 0.25) is 5.02 Å². The fourth-order valence-electron chi connectivity index (χ4n) is 2.74. The summed E-state index contributed by atoms with van der Waals surface area (Å²) in [6.45, 7) is 1.88. The third-order valence-corrected chi connectivity index (χ3v) is 4.69. The van der Waals surface area contributed by atoms with Crippen molar-refractivity contribution in [3.05, 3.63) is 70.7 Å². The van der Waals surface area contributed by atoms with Gasteiger partial charge in [-0.05, 0) is 24.1 Å².